The molecule has 0 aromatic heterocycles. The third kappa shape index (κ3) is 2.13. The summed E-state index contributed by atoms with van der Waals surface area (Å²) >= 11 is 4.45. The predicted molar refractivity (Wildman–Crippen MR) is 19.6 cm³/mol. The number of carbonyl (C=O) groups is 2. The molecule has 0 aliphatic carbocycles. The molecule has 7 heavy (non-hydrogen) atoms. The second-order valence-electron chi connectivity index (χ2n) is 0.652. The van der Waals surface area contributed by atoms with E-state index in [0.29, 0.717) is 0 Å². The molecule has 0 aliphatic heterocycles. The predicted octanol–water partition coefficient (Wildman–Crippen LogP) is -0.232. The number of hydrogen-bond donors (Lipinski definition) is 1. The molecule has 0 atom stereocenters. The van der Waals surface area contributed by atoms with E-state index in [-0.39, 0.29) is 0 Å². The summed E-state index contributed by atoms with van der Waals surface area (Å²) in [7, 11) is 0. The van der Waals surface area contributed by atoms with Crippen molar-refractivity contribution >= 4 is 22.8 Å². The zero-order chi connectivity index (χ0) is 5.86. The van der Waals surface area contributed by atoms with Crippen molar-refractivity contribution in [2.24, 2.45) is 0 Å². The van der Waals surface area contributed by atoms with E-state index in [0.717, 1.165) is 0 Å². The van der Waals surface area contributed by atoms with E-state index >= 15 is 0 Å². The van der Waals surface area contributed by atoms with Crippen molar-refractivity contribution in [1.82, 2.24) is 0 Å². The van der Waals surface area contributed by atoms with Crippen LogP contribution in [0.5, 0.6) is 0 Å². The van der Waals surface area contributed by atoms with Gasteiger partial charge in [0.1, 0.15) is 0 Å². The maximum Gasteiger partial charge on any atom is 0.424 e. The fourth-order valence-corrected chi connectivity index (χ4v) is 0.0704. The van der Waals surface area contributed by atoms with Gasteiger partial charge in [-0.15, -0.1) is 0 Å². The van der Waals surface area contributed by atoms with Gasteiger partial charge in [0.2, 0.25) is 0 Å². The van der Waals surface area contributed by atoms with E-state index in [9.17, 15) is 9.59 Å². The van der Waals surface area contributed by atoms with Gasteiger partial charge in [-0.1, -0.05) is 0 Å². The fourth-order valence-electron chi connectivity index (χ4n) is 0.0359. The summed E-state index contributed by atoms with van der Waals surface area (Å²) in [5.41, 5.74) is 0. The van der Waals surface area contributed by atoms with Crippen LogP contribution in [0.25, 0.3) is 0 Å². The third-order valence-corrected chi connectivity index (χ3v) is 0.398. The van der Waals surface area contributed by atoms with Crippen molar-refractivity contribution in [1.29, 1.82) is 0 Å². The standard InChI is InChI=1S/C2HClO4/c3-1(4)2(5)7-6/h6H. The van der Waals surface area contributed by atoms with Crippen LogP contribution in [0.4, 0.5) is 0 Å². The molecule has 0 rings (SSSR count). The molecule has 0 unspecified atom stereocenters. The highest BCUT2D eigenvalue weighted by Crippen LogP contribution is 1.80. The van der Waals surface area contributed by atoms with Crippen LogP contribution in [0.3, 0.4) is 0 Å². The van der Waals surface area contributed by atoms with Gasteiger partial charge in [0.15, 0.2) is 0 Å². The molecule has 0 heterocycles. The molecular formula is C2HClO4. The first-order valence-electron chi connectivity index (χ1n) is 1.23. The zero-order valence-corrected chi connectivity index (χ0v) is 3.81. The van der Waals surface area contributed by atoms with Crippen molar-refractivity contribution in [2.75, 3.05) is 0 Å². The molecule has 0 aromatic carbocycles. The Morgan fingerprint density at radius 3 is 2.00 bits per heavy atom. The maximum atomic E-state index is 9.56. The van der Waals surface area contributed by atoms with E-state index in [1.165, 1.54) is 0 Å². The van der Waals surface area contributed by atoms with Crippen molar-refractivity contribution in [2.45, 2.75) is 0 Å². The monoisotopic (exact) mass is 124 g/mol. The quantitative estimate of drug-likeness (QED) is 0.227. The Balaban J connectivity index is 3.58. The minimum Gasteiger partial charge on any atom is -0.291 e. The Morgan fingerprint density at radius 2 is 2.00 bits per heavy atom. The SMILES string of the molecule is O=C(Cl)C(=O)OO. The minimum atomic E-state index is -1.47. The van der Waals surface area contributed by atoms with Gasteiger partial charge >= 0.3 is 11.2 Å². The summed E-state index contributed by atoms with van der Waals surface area (Å²) in [4.78, 5) is 22.0. The fraction of sp³-hybridized carbons (Fsp3) is 0. The van der Waals surface area contributed by atoms with E-state index in [1.54, 1.807) is 0 Å². The van der Waals surface area contributed by atoms with Crippen LogP contribution in [0, 0.1) is 0 Å². The molecule has 40 valence electrons. The molecular weight excluding hydrogens is 123 g/mol. The number of rotatable bonds is 1. The highest BCUT2D eigenvalue weighted by Gasteiger charge is 2.09. The van der Waals surface area contributed by atoms with Gasteiger partial charge in [0, 0.05) is 0 Å². The van der Waals surface area contributed by atoms with Gasteiger partial charge < -0.3 is 0 Å². The maximum absolute atomic E-state index is 9.56. The Bertz CT molecular complexity index is 97.9. The van der Waals surface area contributed by atoms with Crippen molar-refractivity contribution in [3.63, 3.8) is 0 Å². The molecule has 4 nitrogen and oxygen atoms in total. The third-order valence-electron chi connectivity index (χ3n) is 0.243. The first-order chi connectivity index (χ1) is 3.18. The first kappa shape index (κ1) is 6.39. The highest BCUT2D eigenvalue weighted by molar-refractivity contribution is 6.80. The highest BCUT2D eigenvalue weighted by atomic mass is 35.5. The summed E-state index contributed by atoms with van der Waals surface area (Å²) in [5, 5.41) is 6.01. The smallest absolute Gasteiger partial charge is 0.291 e. The van der Waals surface area contributed by atoms with E-state index in [4.69, 9.17) is 5.26 Å². The summed E-state index contributed by atoms with van der Waals surface area (Å²) < 4.78 is 0. The van der Waals surface area contributed by atoms with Gasteiger partial charge in [-0.2, -0.15) is 5.26 Å². The van der Waals surface area contributed by atoms with Crippen molar-refractivity contribution in [3.8, 4) is 0 Å². The van der Waals surface area contributed by atoms with Gasteiger partial charge in [-0.05, 0) is 11.6 Å². The van der Waals surface area contributed by atoms with Gasteiger partial charge in [0.05, 0.1) is 0 Å². The molecule has 0 radical (unpaired) electrons. The van der Waals surface area contributed by atoms with Gasteiger partial charge in [-0.3, -0.25) is 9.68 Å². The molecule has 0 saturated heterocycles. The average Bonchev–Trinajstić information content (AvgIpc) is 1.65. The summed E-state index contributed by atoms with van der Waals surface area (Å²) in [5.74, 6) is -1.47. The zero-order valence-electron chi connectivity index (χ0n) is 3.05. The van der Waals surface area contributed by atoms with Gasteiger partial charge in [-0.25, -0.2) is 4.79 Å². The number of hydrogen-bond acceptors (Lipinski definition) is 4. The van der Waals surface area contributed by atoms with Crippen LogP contribution < -0.4 is 0 Å². The van der Waals surface area contributed by atoms with Crippen LogP contribution in [-0.4, -0.2) is 16.5 Å². The summed E-state index contributed by atoms with van der Waals surface area (Å²) in [6.07, 6.45) is 0. The molecule has 5 heteroatoms. The Hall–Kier alpha value is -0.610. The lowest BCUT2D eigenvalue weighted by molar-refractivity contribution is -0.230. The second-order valence-corrected chi connectivity index (χ2v) is 0.996. The van der Waals surface area contributed by atoms with E-state index < -0.39 is 11.2 Å². The lowest BCUT2D eigenvalue weighted by Crippen LogP contribution is -2.08. The summed E-state index contributed by atoms with van der Waals surface area (Å²) in [6.45, 7) is 0. The van der Waals surface area contributed by atoms with E-state index in [1.807, 2.05) is 0 Å². The van der Waals surface area contributed by atoms with Crippen molar-refractivity contribution < 1.29 is 19.7 Å². The molecule has 0 aliphatic rings. The topological polar surface area (TPSA) is 63.6 Å². The van der Waals surface area contributed by atoms with Crippen LogP contribution in [0.1, 0.15) is 0 Å². The van der Waals surface area contributed by atoms with E-state index in [2.05, 4.69) is 16.5 Å². The normalized spacial score (nSPS) is 7.71. The largest absolute Gasteiger partial charge is 0.424 e. The Labute approximate surface area is 43.6 Å². The lowest BCUT2D eigenvalue weighted by atomic mass is 10.8. The van der Waals surface area contributed by atoms with Gasteiger partial charge in [0.25, 0.3) is 0 Å². The molecule has 0 aromatic rings. The molecule has 1 N–H and O–H groups in total. The molecule has 0 saturated carbocycles. The summed E-state index contributed by atoms with van der Waals surface area (Å²) in [6, 6.07) is 0. The Morgan fingerprint density at radius 1 is 1.57 bits per heavy atom. The number of halogens is 1. The average molecular weight is 124 g/mol. The second kappa shape index (κ2) is 2.54. The van der Waals surface area contributed by atoms with Crippen LogP contribution >= 0.6 is 11.6 Å². The first-order valence-corrected chi connectivity index (χ1v) is 1.61. The lowest BCUT2D eigenvalue weighted by Gasteiger charge is -1.81. The van der Waals surface area contributed by atoms with Crippen molar-refractivity contribution in [3.05, 3.63) is 0 Å². The Kier molecular flexibility index (Phi) is 2.32. The molecule has 0 spiro atoms. The van der Waals surface area contributed by atoms with Crippen LogP contribution in [0.2, 0.25) is 0 Å². The van der Waals surface area contributed by atoms with Crippen LogP contribution in [-0.2, 0) is 14.5 Å². The van der Waals surface area contributed by atoms with Crippen LogP contribution in [0.15, 0.2) is 0 Å². The molecule has 0 amide bonds. The minimum absolute atomic E-state index is 1.34. The molecule has 0 bridgehead atoms. The molecule has 0 fully saturated rings. The number of carbonyl (C=O) groups excluding carboxylic acids is 2.